The van der Waals surface area contributed by atoms with Crippen molar-refractivity contribution in [1.82, 2.24) is 5.32 Å². The van der Waals surface area contributed by atoms with Gasteiger partial charge < -0.3 is 5.32 Å². The van der Waals surface area contributed by atoms with Crippen LogP contribution in [0.15, 0.2) is 0 Å². The van der Waals surface area contributed by atoms with E-state index >= 15 is 0 Å². The molecule has 2 nitrogen and oxygen atoms in total. The molecule has 0 aromatic heterocycles. The average Bonchev–Trinajstić information content (AvgIpc) is 2.79. The van der Waals surface area contributed by atoms with E-state index in [1.807, 2.05) is 0 Å². The Morgan fingerprint density at radius 2 is 2.17 bits per heavy atom. The fourth-order valence-corrected chi connectivity index (χ4v) is 1.60. The fourth-order valence-electron chi connectivity index (χ4n) is 1.60. The maximum Gasteiger partial charge on any atom is 0.0635 e. The standard InChI is InChI=1S/C10H18N2/c1-9(2)10(4-5-10)8-12-7-3-6-11/h9,12H,3-5,7-8H2,1-2H3. The van der Waals surface area contributed by atoms with Gasteiger partial charge in [-0.25, -0.2) is 0 Å². The van der Waals surface area contributed by atoms with E-state index in [0.29, 0.717) is 11.8 Å². The molecule has 68 valence electrons. The summed E-state index contributed by atoms with van der Waals surface area (Å²) in [5, 5.41) is 11.7. The SMILES string of the molecule is CC(C)C1(CNCCC#N)CC1. The van der Waals surface area contributed by atoms with Gasteiger partial charge in [0, 0.05) is 19.5 Å². The highest BCUT2D eigenvalue weighted by Gasteiger charge is 2.44. The van der Waals surface area contributed by atoms with Crippen LogP contribution in [-0.2, 0) is 0 Å². The van der Waals surface area contributed by atoms with Crippen LogP contribution in [0, 0.1) is 22.7 Å². The fraction of sp³-hybridized carbons (Fsp3) is 0.900. The van der Waals surface area contributed by atoms with Gasteiger partial charge >= 0.3 is 0 Å². The van der Waals surface area contributed by atoms with Crippen LogP contribution in [0.25, 0.3) is 0 Å². The van der Waals surface area contributed by atoms with Gasteiger partial charge in [0.1, 0.15) is 0 Å². The highest BCUT2D eigenvalue weighted by atomic mass is 14.9. The van der Waals surface area contributed by atoms with Crippen molar-refractivity contribution in [2.24, 2.45) is 11.3 Å². The third-order valence-corrected chi connectivity index (χ3v) is 3.01. The van der Waals surface area contributed by atoms with Crippen molar-refractivity contribution in [3.05, 3.63) is 0 Å². The van der Waals surface area contributed by atoms with Gasteiger partial charge in [-0.05, 0) is 24.2 Å². The van der Waals surface area contributed by atoms with Crippen LogP contribution in [-0.4, -0.2) is 13.1 Å². The summed E-state index contributed by atoms with van der Waals surface area (Å²) in [4.78, 5) is 0. The van der Waals surface area contributed by atoms with Crippen LogP contribution in [0.4, 0.5) is 0 Å². The van der Waals surface area contributed by atoms with Crippen molar-refractivity contribution in [3.8, 4) is 6.07 Å². The molecule has 0 amide bonds. The maximum absolute atomic E-state index is 8.33. The summed E-state index contributed by atoms with van der Waals surface area (Å²) < 4.78 is 0. The van der Waals surface area contributed by atoms with E-state index in [1.165, 1.54) is 12.8 Å². The molecule has 0 saturated heterocycles. The molecule has 0 aliphatic heterocycles. The lowest BCUT2D eigenvalue weighted by Gasteiger charge is -2.19. The third kappa shape index (κ3) is 2.22. The van der Waals surface area contributed by atoms with Crippen molar-refractivity contribution in [2.75, 3.05) is 13.1 Å². The van der Waals surface area contributed by atoms with Crippen molar-refractivity contribution in [3.63, 3.8) is 0 Å². The molecule has 1 saturated carbocycles. The van der Waals surface area contributed by atoms with E-state index in [9.17, 15) is 0 Å². The first kappa shape index (κ1) is 9.54. The molecule has 0 heterocycles. The summed E-state index contributed by atoms with van der Waals surface area (Å²) in [5.41, 5.74) is 0.579. The molecule has 0 unspecified atom stereocenters. The van der Waals surface area contributed by atoms with Crippen LogP contribution in [0.2, 0.25) is 0 Å². The van der Waals surface area contributed by atoms with Gasteiger partial charge in [-0.15, -0.1) is 0 Å². The molecule has 0 aromatic rings. The monoisotopic (exact) mass is 166 g/mol. The Balaban J connectivity index is 2.11. The number of rotatable bonds is 5. The summed E-state index contributed by atoms with van der Waals surface area (Å²) in [6.07, 6.45) is 3.36. The van der Waals surface area contributed by atoms with Crippen LogP contribution < -0.4 is 5.32 Å². The highest BCUT2D eigenvalue weighted by molar-refractivity contribution is 4.97. The van der Waals surface area contributed by atoms with Gasteiger partial charge in [-0.3, -0.25) is 0 Å². The molecular formula is C10H18N2. The Labute approximate surface area is 75.0 Å². The summed E-state index contributed by atoms with van der Waals surface area (Å²) in [5.74, 6) is 0.784. The molecule has 0 bridgehead atoms. The minimum absolute atomic E-state index is 0.579. The Hall–Kier alpha value is -0.550. The largest absolute Gasteiger partial charge is 0.315 e. The zero-order valence-electron chi connectivity index (χ0n) is 8.06. The number of hydrogen-bond acceptors (Lipinski definition) is 2. The number of hydrogen-bond donors (Lipinski definition) is 1. The molecule has 1 fully saturated rings. The average molecular weight is 166 g/mol. The van der Waals surface area contributed by atoms with E-state index in [0.717, 1.165) is 19.0 Å². The third-order valence-electron chi connectivity index (χ3n) is 3.01. The van der Waals surface area contributed by atoms with E-state index in [1.54, 1.807) is 0 Å². The van der Waals surface area contributed by atoms with Gasteiger partial charge in [-0.2, -0.15) is 5.26 Å². The summed E-state index contributed by atoms with van der Waals surface area (Å²) in [6.45, 7) is 6.54. The Morgan fingerprint density at radius 1 is 1.50 bits per heavy atom. The second-order valence-corrected chi connectivity index (χ2v) is 4.10. The zero-order valence-corrected chi connectivity index (χ0v) is 8.06. The molecule has 2 heteroatoms. The van der Waals surface area contributed by atoms with Crippen molar-refractivity contribution in [1.29, 1.82) is 5.26 Å². The van der Waals surface area contributed by atoms with Crippen LogP contribution in [0.3, 0.4) is 0 Å². The van der Waals surface area contributed by atoms with Crippen molar-refractivity contribution in [2.45, 2.75) is 33.1 Å². The normalized spacial score (nSPS) is 19.2. The lowest BCUT2D eigenvalue weighted by Crippen LogP contribution is -2.28. The lowest BCUT2D eigenvalue weighted by molar-refractivity contribution is 0.340. The summed E-state index contributed by atoms with van der Waals surface area (Å²) in [7, 11) is 0. The first-order chi connectivity index (χ1) is 5.71. The molecule has 12 heavy (non-hydrogen) atoms. The lowest BCUT2D eigenvalue weighted by atomic mass is 9.92. The molecular weight excluding hydrogens is 148 g/mol. The Bertz CT molecular complexity index is 175. The van der Waals surface area contributed by atoms with Gasteiger partial charge in [0.15, 0.2) is 0 Å². The Kier molecular flexibility index (Phi) is 3.11. The first-order valence-corrected chi connectivity index (χ1v) is 4.79. The number of nitrogens with zero attached hydrogens (tertiary/aromatic N) is 1. The minimum atomic E-state index is 0.579. The molecule has 0 aromatic carbocycles. The maximum atomic E-state index is 8.33. The second kappa shape index (κ2) is 3.91. The van der Waals surface area contributed by atoms with Gasteiger partial charge in [0.25, 0.3) is 0 Å². The van der Waals surface area contributed by atoms with Crippen molar-refractivity contribution < 1.29 is 0 Å². The van der Waals surface area contributed by atoms with Crippen LogP contribution >= 0.6 is 0 Å². The molecule has 0 radical (unpaired) electrons. The minimum Gasteiger partial charge on any atom is -0.315 e. The predicted octanol–water partition coefficient (Wildman–Crippen LogP) is 1.93. The van der Waals surface area contributed by atoms with Crippen LogP contribution in [0.1, 0.15) is 33.1 Å². The molecule has 1 aliphatic carbocycles. The number of nitriles is 1. The quantitative estimate of drug-likeness (QED) is 0.633. The molecule has 1 rings (SSSR count). The van der Waals surface area contributed by atoms with E-state index < -0.39 is 0 Å². The second-order valence-electron chi connectivity index (χ2n) is 4.10. The van der Waals surface area contributed by atoms with E-state index in [4.69, 9.17) is 5.26 Å². The smallest absolute Gasteiger partial charge is 0.0635 e. The van der Waals surface area contributed by atoms with E-state index in [2.05, 4.69) is 25.2 Å². The Morgan fingerprint density at radius 3 is 2.58 bits per heavy atom. The first-order valence-electron chi connectivity index (χ1n) is 4.79. The van der Waals surface area contributed by atoms with Crippen LogP contribution in [0.5, 0.6) is 0 Å². The summed E-state index contributed by atoms with van der Waals surface area (Å²) >= 11 is 0. The topological polar surface area (TPSA) is 35.8 Å². The van der Waals surface area contributed by atoms with Gasteiger partial charge in [0.05, 0.1) is 6.07 Å². The number of nitrogens with one attached hydrogen (secondary N) is 1. The van der Waals surface area contributed by atoms with Crippen molar-refractivity contribution >= 4 is 0 Å². The highest BCUT2D eigenvalue weighted by Crippen LogP contribution is 2.51. The molecule has 0 spiro atoms. The molecule has 1 aliphatic rings. The molecule has 1 N–H and O–H groups in total. The predicted molar refractivity (Wildman–Crippen MR) is 49.6 cm³/mol. The zero-order chi connectivity index (χ0) is 9.03. The molecule has 0 atom stereocenters. The van der Waals surface area contributed by atoms with Gasteiger partial charge in [-0.1, -0.05) is 13.8 Å². The van der Waals surface area contributed by atoms with E-state index in [-0.39, 0.29) is 0 Å². The summed E-state index contributed by atoms with van der Waals surface area (Å²) in [6, 6.07) is 2.14. The van der Waals surface area contributed by atoms with Gasteiger partial charge in [0.2, 0.25) is 0 Å².